The van der Waals surface area contributed by atoms with Crippen LogP contribution in [0.3, 0.4) is 0 Å². The van der Waals surface area contributed by atoms with E-state index in [0.717, 1.165) is 40.3 Å². The first-order chi connectivity index (χ1) is 13.0. The van der Waals surface area contributed by atoms with Gasteiger partial charge >= 0.3 is 33.9 Å². The van der Waals surface area contributed by atoms with Gasteiger partial charge in [0.1, 0.15) is 5.76 Å². The van der Waals surface area contributed by atoms with Crippen molar-refractivity contribution in [1.82, 2.24) is 0 Å². The van der Waals surface area contributed by atoms with Crippen LogP contribution in [-0.4, -0.2) is 21.3 Å². The molecule has 8 heteroatoms. The van der Waals surface area contributed by atoms with Gasteiger partial charge in [0.25, 0.3) is 0 Å². The number of nitrogen functional groups attached to an aromatic ring is 1. The normalized spacial score (nSPS) is 13.2. The van der Waals surface area contributed by atoms with Crippen LogP contribution in [0, 0.1) is 33.8 Å². The van der Waals surface area contributed by atoms with Crippen LogP contribution in [0.5, 0.6) is 11.5 Å². The van der Waals surface area contributed by atoms with Crippen molar-refractivity contribution in [3.63, 3.8) is 0 Å². The molecule has 0 saturated heterocycles. The van der Waals surface area contributed by atoms with Crippen molar-refractivity contribution in [2.45, 2.75) is 26.2 Å². The fourth-order valence-corrected chi connectivity index (χ4v) is 2.80. The zero-order chi connectivity index (χ0) is 21.6. The van der Waals surface area contributed by atoms with Gasteiger partial charge in [-0.3, -0.25) is 0 Å². The molecule has 1 unspecified atom stereocenters. The monoisotopic (exact) mass is 429 g/mol. The van der Waals surface area contributed by atoms with Gasteiger partial charge in [-0.2, -0.15) is 0 Å². The van der Waals surface area contributed by atoms with E-state index in [4.69, 9.17) is 33.9 Å². The van der Waals surface area contributed by atoms with E-state index in [-0.39, 0.29) is 23.0 Å². The molecule has 0 fully saturated rings. The van der Waals surface area contributed by atoms with Gasteiger partial charge in [-0.05, 0) is 43.5 Å². The SMILES string of the molecule is COC1=CC(c2c(N)c(C)c(C)c(OC)c2OC)CC=C1.[C-]#[O+].[C-]#[O+].[C-]#[O+].[Fe]. The van der Waals surface area contributed by atoms with E-state index >= 15 is 0 Å². The van der Waals surface area contributed by atoms with Crippen LogP contribution in [0.15, 0.2) is 24.0 Å². The van der Waals surface area contributed by atoms with Gasteiger partial charge in [-0.25, -0.2) is 0 Å². The van der Waals surface area contributed by atoms with Crippen molar-refractivity contribution >= 4 is 5.69 Å². The third kappa shape index (κ3) is 6.99. The Morgan fingerprint density at radius 3 is 1.82 bits per heavy atom. The summed E-state index contributed by atoms with van der Waals surface area (Å²) in [7, 11) is 4.97. The second kappa shape index (κ2) is 16.8. The summed E-state index contributed by atoms with van der Waals surface area (Å²) in [5.74, 6) is 2.42. The minimum absolute atomic E-state index is 0. The molecular weight excluding hydrogens is 406 g/mol. The zero-order valence-electron chi connectivity index (χ0n) is 16.4. The van der Waals surface area contributed by atoms with Crippen molar-refractivity contribution in [3.05, 3.63) is 60.6 Å². The zero-order valence-corrected chi connectivity index (χ0v) is 17.5. The maximum absolute atomic E-state index is 7.50. The molecule has 0 radical (unpaired) electrons. The second-order valence-corrected chi connectivity index (χ2v) is 5.16. The summed E-state index contributed by atoms with van der Waals surface area (Å²) in [6, 6.07) is 0. The van der Waals surface area contributed by atoms with Gasteiger partial charge < -0.3 is 19.9 Å². The summed E-state index contributed by atoms with van der Waals surface area (Å²) in [6.45, 7) is 17.5. The summed E-state index contributed by atoms with van der Waals surface area (Å²) in [5.41, 5.74) is 10.1. The number of nitrogens with two attached hydrogens (primary N) is 1. The average Bonchev–Trinajstić information content (AvgIpc) is 2.76. The topological polar surface area (TPSA) is 113 Å². The molecule has 1 aromatic rings. The molecule has 0 saturated carbocycles. The number of allylic oxidation sites excluding steroid dienone is 3. The van der Waals surface area contributed by atoms with Crippen molar-refractivity contribution in [2.75, 3.05) is 27.1 Å². The fourth-order valence-electron chi connectivity index (χ4n) is 2.80. The van der Waals surface area contributed by atoms with E-state index in [2.05, 4.69) is 32.1 Å². The Morgan fingerprint density at radius 2 is 1.39 bits per heavy atom. The Balaban J connectivity index is -0.000000815. The molecule has 0 amide bonds. The molecule has 1 aliphatic carbocycles. The smallest absolute Gasteiger partial charge is 0 e. The molecule has 1 atom stereocenters. The van der Waals surface area contributed by atoms with Crippen LogP contribution >= 0.6 is 0 Å². The number of ether oxygens (including phenoxy) is 3. The van der Waals surface area contributed by atoms with E-state index in [0.29, 0.717) is 5.75 Å². The average molecular weight is 429 g/mol. The minimum atomic E-state index is 0. The van der Waals surface area contributed by atoms with Crippen LogP contribution < -0.4 is 15.2 Å². The molecule has 7 nitrogen and oxygen atoms in total. The Kier molecular flexibility index (Phi) is 18.2. The van der Waals surface area contributed by atoms with E-state index in [1.54, 1.807) is 21.3 Å². The van der Waals surface area contributed by atoms with Gasteiger partial charge in [0.2, 0.25) is 0 Å². The van der Waals surface area contributed by atoms with Crippen LogP contribution in [-0.2, 0) is 35.8 Å². The van der Waals surface area contributed by atoms with Gasteiger partial charge in [0, 0.05) is 34.2 Å². The third-order valence-corrected chi connectivity index (χ3v) is 4.10. The fraction of sp³-hybridized carbons (Fsp3) is 0.350. The standard InChI is InChI=1S/C17H23NO3.3CO.Fe/c1-10-11(2)16(20-4)17(21-5)14(15(10)18)12-7-6-8-13(9-12)19-3;3*1-2;/h6,8-9,12H,7,18H2,1-5H3;;;;. The number of rotatable bonds is 4. The molecule has 152 valence electrons. The molecule has 28 heavy (non-hydrogen) atoms. The van der Waals surface area contributed by atoms with Crippen molar-refractivity contribution in [2.24, 2.45) is 0 Å². The van der Waals surface area contributed by atoms with Crippen molar-refractivity contribution in [3.8, 4) is 11.5 Å². The molecular formula is C20H23FeNO6. The maximum Gasteiger partial charge on any atom is 0 e. The maximum atomic E-state index is 7.50. The molecule has 1 aromatic carbocycles. The van der Waals surface area contributed by atoms with E-state index < -0.39 is 0 Å². The first-order valence-corrected chi connectivity index (χ1v) is 7.59. The summed E-state index contributed by atoms with van der Waals surface area (Å²) in [6.07, 6.45) is 6.99. The molecule has 0 aromatic heterocycles. The number of methoxy groups -OCH3 is 3. The van der Waals surface area contributed by atoms with Crippen molar-refractivity contribution in [1.29, 1.82) is 0 Å². The predicted octanol–water partition coefficient (Wildman–Crippen LogP) is 3.36. The molecule has 2 rings (SSSR count). The summed E-state index contributed by atoms with van der Waals surface area (Å²) >= 11 is 0. The Morgan fingerprint density at radius 1 is 0.893 bits per heavy atom. The first-order valence-electron chi connectivity index (χ1n) is 7.59. The molecule has 0 spiro atoms. The van der Waals surface area contributed by atoms with Crippen LogP contribution in [0.4, 0.5) is 5.69 Å². The molecule has 2 N–H and O–H groups in total. The number of hydrogen-bond acceptors (Lipinski definition) is 4. The van der Waals surface area contributed by atoms with Crippen molar-refractivity contribution < 1.29 is 45.2 Å². The van der Waals surface area contributed by atoms with E-state index in [1.807, 2.05) is 19.9 Å². The molecule has 0 aliphatic heterocycles. The van der Waals surface area contributed by atoms with Crippen LogP contribution in [0.2, 0.25) is 0 Å². The summed E-state index contributed by atoms with van der Waals surface area (Å²) in [4.78, 5) is 0. The van der Waals surface area contributed by atoms with E-state index in [1.165, 1.54) is 0 Å². The number of hydrogen-bond donors (Lipinski definition) is 1. The Hall–Kier alpha value is -2.36. The first kappa shape index (κ1) is 30.4. The molecule has 0 heterocycles. The minimum Gasteiger partial charge on any atom is 0 e. The Labute approximate surface area is 176 Å². The quantitative estimate of drug-likeness (QED) is 0.342. The number of benzene rings is 1. The van der Waals surface area contributed by atoms with Crippen LogP contribution in [0.1, 0.15) is 29.0 Å². The van der Waals surface area contributed by atoms with Gasteiger partial charge in [-0.1, -0.05) is 6.08 Å². The molecule has 0 bridgehead atoms. The van der Waals surface area contributed by atoms with Gasteiger partial charge in [0.15, 0.2) is 11.5 Å². The summed E-state index contributed by atoms with van der Waals surface area (Å²) in [5, 5.41) is 0. The third-order valence-electron chi connectivity index (χ3n) is 4.10. The largest absolute Gasteiger partial charge is 0 e. The van der Waals surface area contributed by atoms with Gasteiger partial charge in [-0.15, -0.1) is 0 Å². The second-order valence-electron chi connectivity index (χ2n) is 5.16. The van der Waals surface area contributed by atoms with Gasteiger partial charge in [0.05, 0.1) is 21.3 Å². The molecule has 1 aliphatic rings. The predicted molar refractivity (Wildman–Crippen MR) is 96.8 cm³/mol. The van der Waals surface area contributed by atoms with Crippen LogP contribution in [0.25, 0.3) is 0 Å². The number of anilines is 1. The Bertz CT molecular complexity index is 720. The van der Waals surface area contributed by atoms with E-state index in [9.17, 15) is 0 Å². The summed E-state index contributed by atoms with van der Waals surface area (Å²) < 4.78 is 39.0.